The third-order valence-corrected chi connectivity index (χ3v) is 3.96. The maximum Gasteiger partial charge on any atom is 0.284 e. The van der Waals surface area contributed by atoms with Gasteiger partial charge in [-0.2, -0.15) is 4.98 Å². The second-order valence-electron chi connectivity index (χ2n) is 5.63. The monoisotopic (exact) mass is 325 g/mol. The van der Waals surface area contributed by atoms with Gasteiger partial charge in [-0.3, -0.25) is 4.79 Å². The lowest BCUT2D eigenvalue weighted by atomic mass is 10.0. The third-order valence-electron chi connectivity index (χ3n) is 3.96. The molecule has 0 radical (unpaired) electrons. The van der Waals surface area contributed by atoms with Crippen LogP contribution in [0.15, 0.2) is 100 Å². The SMILES string of the molecule is O=c1nc(-c2ccccc2)oc(-c2ccccc2)c1-c1ccccc1. The molecule has 120 valence electrons. The molecule has 0 bridgehead atoms. The van der Waals surface area contributed by atoms with E-state index in [9.17, 15) is 4.79 Å². The van der Waals surface area contributed by atoms with Crippen molar-refractivity contribution in [2.75, 3.05) is 0 Å². The van der Waals surface area contributed by atoms with Gasteiger partial charge in [-0.05, 0) is 17.7 Å². The fourth-order valence-electron chi connectivity index (χ4n) is 2.77. The first-order valence-corrected chi connectivity index (χ1v) is 8.04. The summed E-state index contributed by atoms with van der Waals surface area (Å²) in [6, 6.07) is 28.6. The zero-order valence-electron chi connectivity index (χ0n) is 13.4. The van der Waals surface area contributed by atoms with Gasteiger partial charge in [-0.1, -0.05) is 78.9 Å². The van der Waals surface area contributed by atoms with Gasteiger partial charge in [0.2, 0.25) is 5.89 Å². The third kappa shape index (κ3) is 3.00. The Morgan fingerprint density at radius 2 is 1.08 bits per heavy atom. The van der Waals surface area contributed by atoms with Crippen LogP contribution in [-0.2, 0) is 0 Å². The summed E-state index contributed by atoms with van der Waals surface area (Å²) in [7, 11) is 0. The summed E-state index contributed by atoms with van der Waals surface area (Å²) in [5.41, 5.74) is 2.60. The van der Waals surface area contributed by atoms with Crippen molar-refractivity contribution < 1.29 is 4.42 Å². The van der Waals surface area contributed by atoms with E-state index in [0.29, 0.717) is 17.2 Å². The summed E-state index contributed by atoms with van der Waals surface area (Å²) in [5, 5.41) is 0. The highest BCUT2D eigenvalue weighted by Gasteiger charge is 2.17. The summed E-state index contributed by atoms with van der Waals surface area (Å²) in [4.78, 5) is 17.0. The van der Waals surface area contributed by atoms with Crippen LogP contribution in [0.1, 0.15) is 0 Å². The van der Waals surface area contributed by atoms with Crippen molar-refractivity contribution in [3.63, 3.8) is 0 Å². The summed E-state index contributed by atoms with van der Waals surface area (Å²) in [5.74, 6) is 0.856. The summed E-state index contributed by atoms with van der Waals surface area (Å²) >= 11 is 0. The molecule has 0 unspecified atom stereocenters. The van der Waals surface area contributed by atoms with Gasteiger partial charge in [-0.25, -0.2) is 0 Å². The normalized spacial score (nSPS) is 10.6. The molecule has 1 heterocycles. The molecular weight excluding hydrogens is 310 g/mol. The van der Waals surface area contributed by atoms with Crippen LogP contribution in [0.4, 0.5) is 0 Å². The Labute approximate surface area is 145 Å². The molecular formula is C22H15NO2. The quantitative estimate of drug-likeness (QED) is 0.530. The Morgan fingerprint density at radius 3 is 1.64 bits per heavy atom. The van der Waals surface area contributed by atoms with Gasteiger partial charge >= 0.3 is 0 Å². The van der Waals surface area contributed by atoms with E-state index in [0.717, 1.165) is 16.7 Å². The molecule has 0 aliphatic carbocycles. The van der Waals surface area contributed by atoms with Crippen molar-refractivity contribution in [2.24, 2.45) is 0 Å². The summed E-state index contributed by atoms with van der Waals surface area (Å²) in [6.07, 6.45) is 0. The first kappa shape index (κ1) is 15.1. The van der Waals surface area contributed by atoms with Crippen LogP contribution in [0.25, 0.3) is 33.9 Å². The van der Waals surface area contributed by atoms with Gasteiger partial charge in [0.25, 0.3) is 5.56 Å². The van der Waals surface area contributed by atoms with Crippen molar-refractivity contribution in [1.29, 1.82) is 0 Å². The minimum atomic E-state index is -0.296. The average molecular weight is 325 g/mol. The minimum Gasteiger partial charge on any atom is -0.437 e. The van der Waals surface area contributed by atoms with E-state index in [2.05, 4.69) is 4.98 Å². The molecule has 0 spiro atoms. The van der Waals surface area contributed by atoms with Gasteiger partial charge < -0.3 is 4.42 Å². The number of hydrogen-bond donors (Lipinski definition) is 0. The van der Waals surface area contributed by atoms with Crippen LogP contribution >= 0.6 is 0 Å². The molecule has 0 amide bonds. The molecule has 3 nitrogen and oxygen atoms in total. The molecule has 0 aliphatic heterocycles. The molecule has 0 N–H and O–H groups in total. The van der Waals surface area contributed by atoms with E-state index in [4.69, 9.17) is 4.42 Å². The zero-order valence-corrected chi connectivity index (χ0v) is 13.4. The number of hydrogen-bond acceptors (Lipinski definition) is 3. The van der Waals surface area contributed by atoms with Gasteiger partial charge in [0.05, 0.1) is 5.56 Å². The lowest BCUT2D eigenvalue weighted by Gasteiger charge is -2.10. The number of benzene rings is 3. The van der Waals surface area contributed by atoms with Crippen LogP contribution in [-0.4, -0.2) is 4.98 Å². The predicted octanol–water partition coefficient (Wildman–Crippen LogP) is 5.04. The highest BCUT2D eigenvalue weighted by atomic mass is 16.3. The predicted molar refractivity (Wildman–Crippen MR) is 99.1 cm³/mol. The Balaban J connectivity index is 2.01. The molecule has 0 saturated carbocycles. The molecule has 4 rings (SSSR count). The first-order valence-electron chi connectivity index (χ1n) is 8.04. The Bertz CT molecular complexity index is 1040. The topological polar surface area (TPSA) is 43.1 Å². The standard InChI is InChI=1S/C22H15NO2/c24-21-19(16-10-4-1-5-11-16)20(17-12-6-2-7-13-17)25-22(23-21)18-14-8-3-9-15-18/h1-15H. The highest BCUT2D eigenvalue weighted by molar-refractivity contribution is 5.79. The second-order valence-corrected chi connectivity index (χ2v) is 5.63. The first-order chi connectivity index (χ1) is 12.3. The Morgan fingerprint density at radius 1 is 0.600 bits per heavy atom. The van der Waals surface area contributed by atoms with E-state index >= 15 is 0 Å². The Kier molecular flexibility index (Phi) is 3.97. The molecule has 3 heteroatoms. The van der Waals surface area contributed by atoms with Crippen molar-refractivity contribution in [3.8, 4) is 33.9 Å². The summed E-state index contributed by atoms with van der Waals surface area (Å²) in [6.45, 7) is 0. The van der Waals surface area contributed by atoms with Crippen LogP contribution in [0.3, 0.4) is 0 Å². The minimum absolute atomic E-state index is 0.296. The molecule has 25 heavy (non-hydrogen) atoms. The van der Waals surface area contributed by atoms with Crippen LogP contribution < -0.4 is 5.56 Å². The lowest BCUT2D eigenvalue weighted by molar-refractivity contribution is 0.559. The molecule has 0 fully saturated rings. The van der Waals surface area contributed by atoms with Crippen molar-refractivity contribution in [1.82, 2.24) is 4.98 Å². The molecule has 0 saturated heterocycles. The van der Waals surface area contributed by atoms with Crippen LogP contribution in [0.5, 0.6) is 0 Å². The van der Waals surface area contributed by atoms with Gasteiger partial charge in [0.1, 0.15) is 5.76 Å². The number of nitrogens with zero attached hydrogens (tertiary/aromatic N) is 1. The lowest BCUT2D eigenvalue weighted by Crippen LogP contribution is -2.11. The maximum absolute atomic E-state index is 12.8. The van der Waals surface area contributed by atoms with Crippen molar-refractivity contribution in [3.05, 3.63) is 101 Å². The molecule has 4 aromatic rings. The zero-order chi connectivity index (χ0) is 17.1. The molecule has 1 aromatic heterocycles. The number of rotatable bonds is 3. The van der Waals surface area contributed by atoms with Crippen LogP contribution in [0, 0.1) is 0 Å². The maximum atomic E-state index is 12.8. The largest absolute Gasteiger partial charge is 0.437 e. The Hall–Kier alpha value is -3.46. The van der Waals surface area contributed by atoms with E-state index in [1.54, 1.807) is 0 Å². The van der Waals surface area contributed by atoms with Gasteiger partial charge in [0, 0.05) is 11.1 Å². The molecule has 3 aromatic carbocycles. The smallest absolute Gasteiger partial charge is 0.284 e. The number of aromatic nitrogens is 1. The highest BCUT2D eigenvalue weighted by Crippen LogP contribution is 2.31. The molecule has 0 aliphatic rings. The van der Waals surface area contributed by atoms with E-state index < -0.39 is 0 Å². The average Bonchev–Trinajstić information content (AvgIpc) is 2.69. The summed E-state index contributed by atoms with van der Waals surface area (Å²) < 4.78 is 6.10. The molecule has 0 atom stereocenters. The van der Waals surface area contributed by atoms with Crippen LogP contribution in [0.2, 0.25) is 0 Å². The van der Waals surface area contributed by atoms with E-state index in [1.165, 1.54) is 0 Å². The van der Waals surface area contributed by atoms with E-state index in [-0.39, 0.29) is 5.56 Å². The van der Waals surface area contributed by atoms with Crippen molar-refractivity contribution in [2.45, 2.75) is 0 Å². The van der Waals surface area contributed by atoms with Gasteiger partial charge in [-0.15, -0.1) is 0 Å². The fourth-order valence-corrected chi connectivity index (χ4v) is 2.77. The van der Waals surface area contributed by atoms with Crippen molar-refractivity contribution >= 4 is 0 Å². The van der Waals surface area contributed by atoms with E-state index in [1.807, 2.05) is 91.0 Å². The van der Waals surface area contributed by atoms with Gasteiger partial charge in [0.15, 0.2) is 0 Å². The fraction of sp³-hybridized carbons (Fsp3) is 0. The second kappa shape index (κ2) is 6.57.